The lowest BCUT2D eigenvalue weighted by molar-refractivity contribution is 0.0159. The number of carbonyl (C=O) groups is 2. The second-order valence-electron chi connectivity index (χ2n) is 15.2. The molecule has 4 heterocycles. The Hall–Kier alpha value is -5.70. The quantitative estimate of drug-likeness (QED) is 0.178. The van der Waals surface area contributed by atoms with Gasteiger partial charge in [0.25, 0.3) is 0 Å². The molecule has 0 unspecified atom stereocenters. The van der Waals surface area contributed by atoms with E-state index in [1.54, 1.807) is 77.1 Å². The first kappa shape index (κ1) is 38.6. The minimum Gasteiger partial charge on any atom is -0.445 e. The maximum Gasteiger partial charge on any atom is 0.410 e. The number of aromatic nitrogens is 4. The fourth-order valence-electron chi connectivity index (χ4n) is 7.09. The van der Waals surface area contributed by atoms with E-state index in [1.165, 1.54) is 9.13 Å². The first-order valence-corrected chi connectivity index (χ1v) is 20.4. The largest absolute Gasteiger partial charge is 0.445 e. The van der Waals surface area contributed by atoms with Crippen molar-refractivity contribution in [2.45, 2.75) is 66.2 Å². The number of fused-ring (bicyclic) bond motifs is 1. The average molecular weight is 784 g/mol. The lowest BCUT2D eigenvalue weighted by atomic mass is 10.00. The second kappa shape index (κ2) is 15.1. The normalized spacial score (nSPS) is 16.7. The van der Waals surface area contributed by atoms with Gasteiger partial charge in [0.15, 0.2) is 0 Å². The molecule has 2 amide bonds. The number of nitrogens with zero attached hydrogens (tertiary/aromatic N) is 7. The fourth-order valence-corrected chi connectivity index (χ4v) is 8.99. The summed E-state index contributed by atoms with van der Waals surface area (Å²) in [6.45, 7) is 11.8. The highest BCUT2D eigenvalue weighted by molar-refractivity contribution is 7.93. The number of hydrogen-bond acceptors (Lipinski definition) is 8. The molecular formula is C41H46FN7O6S. The molecule has 0 bridgehead atoms. The van der Waals surface area contributed by atoms with Gasteiger partial charge in [-0.25, -0.2) is 27.7 Å². The Morgan fingerprint density at radius 3 is 2.20 bits per heavy atom. The van der Waals surface area contributed by atoms with Crippen molar-refractivity contribution in [2.75, 3.05) is 31.1 Å². The van der Waals surface area contributed by atoms with Gasteiger partial charge in [-0.2, -0.15) is 9.46 Å². The third-order valence-electron chi connectivity index (χ3n) is 9.97. The topological polar surface area (TPSA) is 133 Å². The summed E-state index contributed by atoms with van der Waals surface area (Å²) in [6.07, 6.45) is 2.81. The van der Waals surface area contributed by atoms with Crippen LogP contribution in [-0.4, -0.2) is 81.9 Å². The Morgan fingerprint density at radius 2 is 1.55 bits per heavy atom. The molecular weight excluding hydrogens is 738 g/mol. The van der Waals surface area contributed by atoms with Gasteiger partial charge < -0.3 is 19.3 Å². The Balaban J connectivity index is 1.15. The van der Waals surface area contributed by atoms with Crippen LogP contribution in [0.3, 0.4) is 0 Å². The van der Waals surface area contributed by atoms with Crippen LogP contribution in [0.15, 0.2) is 88.3 Å². The van der Waals surface area contributed by atoms with Gasteiger partial charge in [0.2, 0.25) is 0 Å². The molecule has 1 saturated heterocycles. The highest BCUT2D eigenvalue weighted by Crippen LogP contribution is 2.36. The Labute approximate surface area is 325 Å². The molecule has 13 nitrogen and oxygen atoms in total. The van der Waals surface area contributed by atoms with Crippen molar-refractivity contribution in [1.29, 1.82) is 0 Å². The van der Waals surface area contributed by atoms with Crippen LogP contribution in [0.2, 0.25) is 0 Å². The van der Waals surface area contributed by atoms with Crippen LogP contribution in [0.25, 0.3) is 17.2 Å². The van der Waals surface area contributed by atoms with Gasteiger partial charge in [-0.1, -0.05) is 30.3 Å². The van der Waals surface area contributed by atoms with Crippen molar-refractivity contribution < 1.29 is 27.7 Å². The summed E-state index contributed by atoms with van der Waals surface area (Å²) in [5.74, 6) is 0.553. The van der Waals surface area contributed by atoms with E-state index in [9.17, 15) is 23.0 Å². The van der Waals surface area contributed by atoms with Gasteiger partial charge in [0.05, 0.1) is 38.5 Å². The lowest BCUT2D eigenvalue weighted by Crippen LogP contribution is -2.43. The number of rotatable bonds is 6. The molecule has 1 fully saturated rings. The summed E-state index contributed by atoms with van der Waals surface area (Å²) >= 11 is 0. The Bertz CT molecular complexity index is 2440. The molecule has 7 rings (SSSR count). The van der Waals surface area contributed by atoms with E-state index in [-0.39, 0.29) is 37.0 Å². The van der Waals surface area contributed by atoms with Crippen LogP contribution in [0, 0.1) is 19.7 Å². The summed E-state index contributed by atoms with van der Waals surface area (Å²) in [7, 11) is -2.63. The van der Waals surface area contributed by atoms with Crippen LogP contribution in [-0.2, 0) is 32.2 Å². The van der Waals surface area contributed by atoms with Crippen molar-refractivity contribution in [2.24, 2.45) is 4.36 Å². The predicted octanol–water partition coefficient (Wildman–Crippen LogP) is 7.18. The van der Waals surface area contributed by atoms with E-state index in [4.69, 9.17) is 14.6 Å². The molecule has 1 atom stereocenters. The van der Waals surface area contributed by atoms with Crippen molar-refractivity contribution in [3.8, 4) is 17.2 Å². The van der Waals surface area contributed by atoms with Crippen LogP contribution in [0.4, 0.5) is 19.7 Å². The molecule has 2 aliphatic heterocycles. The van der Waals surface area contributed by atoms with E-state index in [0.717, 1.165) is 11.3 Å². The zero-order valence-electron chi connectivity index (χ0n) is 32.4. The van der Waals surface area contributed by atoms with Crippen LogP contribution >= 0.6 is 0 Å². The van der Waals surface area contributed by atoms with Gasteiger partial charge in [0, 0.05) is 55.5 Å². The zero-order chi connectivity index (χ0) is 39.9. The van der Waals surface area contributed by atoms with Gasteiger partial charge in [-0.3, -0.25) is 9.13 Å². The minimum absolute atomic E-state index is 0.167. The average Bonchev–Trinajstić information content (AvgIpc) is 3.73. The number of halogens is 1. The molecule has 0 spiro atoms. The maximum atomic E-state index is 14.8. The number of ether oxygens (including phenoxy) is 2. The number of benzene rings is 3. The predicted molar refractivity (Wildman–Crippen MR) is 211 cm³/mol. The molecule has 294 valence electrons. The smallest absolute Gasteiger partial charge is 0.410 e. The third-order valence-corrected chi connectivity index (χ3v) is 12.2. The second-order valence-corrected chi connectivity index (χ2v) is 17.8. The van der Waals surface area contributed by atoms with Gasteiger partial charge >= 0.3 is 17.9 Å². The summed E-state index contributed by atoms with van der Waals surface area (Å²) < 4.78 is 48.8. The Morgan fingerprint density at radius 1 is 0.911 bits per heavy atom. The molecule has 15 heteroatoms. The maximum absolute atomic E-state index is 14.8. The fraction of sp³-hybridized carbons (Fsp3) is 0.366. The van der Waals surface area contributed by atoms with E-state index >= 15 is 0 Å². The minimum atomic E-state index is -2.63. The first-order valence-electron chi connectivity index (χ1n) is 18.6. The highest BCUT2D eigenvalue weighted by Gasteiger charge is 2.37. The molecule has 3 aromatic carbocycles. The number of imidazole rings is 1. The molecule has 2 aliphatic rings. The Kier molecular flexibility index (Phi) is 10.4. The molecule has 0 saturated carbocycles. The molecule has 0 aliphatic carbocycles. The monoisotopic (exact) mass is 783 g/mol. The van der Waals surface area contributed by atoms with E-state index in [2.05, 4.69) is 4.36 Å². The zero-order valence-corrected chi connectivity index (χ0v) is 33.2. The molecule has 5 aromatic rings. The third kappa shape index (κ3) is 7.85. The van der Waals surface area contributed by atoms with Gasteiger partial charge in [-0.15, -0.1) is 0 Å². The van der Waals surface area contributed by atoms with Crippen molar-refractivity contribution in [3.05, 3.63) is 123 Å². The van der Waals surface area contributed by atoms with E-state index < -0.39 is 39.2 Å². The number of aryl methyl sites for hydroxylation is 2. The first-order chi connectivity index (χ1) is 26.6. The number of amides is 2. The van der Waals surface area contributed by atoms with Crippen molar-refractivity contribution in [1.82, 2.24) is 28.7 Å². The lowest BCUT2D eigenvalue weighted by Gasteiger charge is -2.34. The molecule has 2 aromatic heterocycles. The van der Waals surface area contributed by atoms with Crippen LogP contribution < -0.4 is 5.69 Å². The van der Waals surface area contributed by atoms with Gasteiger partial charge in [0.1, 0.15) is 23.8 Å². The standard InChI is InChI=1S/C41H46FN7O6S/c1-27-24-33(25-28(2)36(27)42)49-37(35-29(3)46(17-16-34(35)43-49)40(52)55-41(4,5)6)48-19-18-47(38(48)50)32-14-12-31(13-15-32)44-56(53)22-20-45(21-23-56)39(51)54-26-30-10-8-7-9-11-30/h7-15,18-19,24-25,29H,16-17,20-23,26H2,1-6H3/t29-/m0/s1. The van der Waals surface area contributed by atoms with Crippen LogP contribution in [0.1, 0.15) is 61.7 Å². The van der Waals surface area contributed by atoms with Crippen molar-refractivity contribution in [3.63, 3.8) is 0 Å². The van der Waals surface area contributed by atoms with Gasteiger partial charge in [-0.05, 0) is 94.6 Å². The molecule has 0 radical (unpaired) electrons. The van der Waals surface area contributed by atoms with Crippen LogP contribution in [0.5, 0.6) is 0 Å². The highest BCUT2D eigenvalue weighted by atomic mass is 32.2. The summed E-state index contributed by atoms with van der Waals surface area (Å²) in [5.41, 5.74) is 3.71. The molecule has 56 heavy (non-hydrogen) atoms. The summed E-state index contributed by atoms with van der Waals surface area (Å²) in [6, 6.07) is 19.2. The van der Waals surface area contributed by atoms with E-state index in [0.29, 0.717) is 52.5 Å². The summed E-state index contributed by atoms with van der Waals surface area (Å²) in [5, 5.41) is 4.94. The number of carbonyl (C=O) groups excluding carboxylic acids is 2. The van der Waals surface area contributed by atoms with E-state index in [1.807, 2.05) is 58.0 Å². The summed E-state index contributed by atoms with van der Waals surface area (Å²) in [4.78, 5) is 43.5. The SMILES string of the molecule is Cc1cc(-n2nc3c(c2-n2ccn(-c4ccc(N=S5(=O)CCN(C(=O)OCc6ccccc6)CC5)cc4)c2=O)[C@H](C)N(C(=O)OC(C)(C)C)CC3)cc(C)c1F. The van der Waals surface area contributed by atoms with Crippen molar-refractivity contribution >= 4 is 27.6 Å². The number of hydrogen-bond donors (Lipinski definition) is 0. The molecule has 0 N–H and O–H groups in total.